The molecule has 2 heterocycles. The zero-order chi connectivity index (χ0) is 18.1. The number of rotatable bonds is 4. The molecule has 1 aromatic rings. The van der Waals surface area contributed by atoms with Crippen molar-refractivity contribution in [2.75, 3.05) is 31.9 Å². The van der Waals surface area contributed by atoms with Crippen molar-refractivity contribution in [1.82, 2.24) is 9.21 Å². The molecule has 1 amide bonds. The smallest absolute Gasteiger partial charge is 0.233 e. The van der Waals surface area contributed by atoms with E-state index in [1.54, 1.807) is 6.92 Å². The molecule has 0 unspecified atom stereocenters. The minimum Gasteiger partial charge on any atom is -0.340 e. The van der Waals surface area contributed by atoms with Crippen LogP contribution in [-0.2, 0) is 20.2 Å². The quantitative estimate of drug-likeness (QED) is 0.825. The van der Waals surface area contributed by atoms with Crippen LogP contribution >= 0.6 is 12.4 Å². The van der Waals surface area contributed by atoms with Crippen LogP contribution in [0.2, 0.25) is 0 Å². The molecule has 0 bridgehead atoms. The predicted octanol–water partition coefficient (Wildman–Crippen LogP) is 1.35. The van der Waals surface area contributed by atoms with E-state index in [0.29, 0.717) is 39.0 Å². The van der Waals surface area contributed by atoms with Gasteiger partial charge in [-0.2, -0.15) is 0 Å². The summed E-state index contributed by atoms with van der Waals surface area (Å²) in [7, 11) is -3.22. The number of carbonyl (C=O) groups excluding carboxylic acids is 1. The Hall–Kier alpha value is -1.15. The Kier molecular flexibility index (Phi) is 6.71. The Bertz CT molecular complexity index is 718. The molecule has 146 valence electrons. The second kappa shape index (κ2) is 8.25. The number of amides is 1. The Morgan fingerprint density at radius 1 is 1.19 bits per heavy atom. The van der Waals surface area contributed by atoms with E-state index in [1.807, 2.05) is 35.2 Å². The summed E-state index contributed by atoms with van der Waals surface area (Å²) in [6.45, 7) is 3.70. The lowest BCUT2D eigenvalue weighted by Gasteiger charge is -2.42. The molecule has 2 N–H and O–H groups in total. The molecule has 2 aliphatic rings. The van der Waals surface area contributed by atoms with Gasteiger partial charge in [0, 0.05) is 32.2 Å². The molecule has 8 heteroatoms. The highest BCUT2D eigenvalue weighted by atomic mass is 35.5. The maximum absolute atomic E-state index is 13.4. The third kappa shape index (κ3) is 3.91. The first-order valence-corrected chi connectivity index (χ1v) is 10.6. The van der Waals surface area contributed by atoms with Gasteiger partial charge in [0.15, 0.2) is 0 Å². The van der Waals surface area contributed by atoms with Crippen LogP contribution in [0.3, 0.4) is 0 Å². The van der Waals surface area contributed by atoms with E-state index in [2.05, 4.69) is 0 Å². The molecule has 2 aliphatic heterocycles. The SMILES string of the molecule is CCS(=O)(=O)N1CCC(C(=O)N2CC[C@@H](N)C2)(c2ccccc2)CC1.Cl. The molecule has 1 aromatic carbocycles. The van der Waals surface area contributed by atoms with Gasteiger partial charge in [0.25, 0.3) is 0 Å². The van der Waals surface area contributed by atoms with Crippen molar-refractivity contribution in [3.8, 4) is 0 Å². The molecule has 3 rings (SSSR count). The van der Waals surface area contributed by atoms with E-state index in [0.717, 1.165) is 12.0 Å². The maximum Gasteiger partial charge on any atom is 0.233 e. The van der Waals surface area contributed by atoms with E-state index in [-0.39, 0.29) is 30.1 Å². The van der Waals surface area contributed by atoms with Gasteiger partial charge in [0.1, 0.15) is 0 Å². The predicted molar refractivity (Wildman–Crippen MR) is 105 cm³/mol. The summed E-state index contributed by atoms with van der Waals surface area (Å²) in [6, 6.07) is 9.82. The first-order valence-electron chi connectivity index (χ1n) is 8.97. The monoisotopic (exact) mass is 401 g/mol. The number of hydrogen-bond donors (Lipinski definition) is 1. The number of carbonyl (C=O) groups is 1. The number of piperidine rings is 1. The van der Waals surface area contributed by atoms with Crippen LogP contribution in [0.1, 0.15) is 31.7 Å². The highest BCUT2D eigenvalue weighted by Gasteiger charge is 2.47. The highest BCUT2D eigenvalue weighted by Crippen LogP contribution is 2.38. The van der Waals surface area contributed by atoms with Gasteiger partial charge in [-0.3, -0.25) is 4.79 Å². The Labute approximate surface area is 162 Å². The zero-order valence-corrected chi connectivity index (χ0v) is 16.8. The molecule has 2 fully saturated rings. The Balaban J connectivity index is 0.00000243. The largest absolute Gasteiger partial charge is 0.340 e. The van der Waals surface area contributed by atoms with Gasteiger partial charge in [-0.05, 0) is 31.7 Å². The van der Waals surface area contributed by atoms with Crippen LogP contribution in [0.25, 0.3) is 0 Å². The van der Waals surface area contributed by atoms with Crippen LogP contribution in [0, 0.1) is 0 Å². The van der Waals surface area contributed by atoms with Crippen molar-refractivity contribution >= 4 is 28.3 Å². The second-order valence-electron chi connectivity index (χ2n) is 7.05. The molecule has 0 aliphatic carbocycles. The lowest BCUT2D eigenvalue weighted by atomic mass is 9.72. The normalized spacial score (nSPS) is 23.5. The number of hydrogen-bond acceptors (Lipinski definition) is 4. The summed E-state index contributed by atoms with van der Waals surface area (Å²) in [5, 5.41) is 0. The van der Waals surface area contributed by atoms with Gasteiger partial charge in [-0.1, -0.05) is 30.3 Å². The topological polar surface area (TPSA) is 83.7 Å². The summed E-state index contributed by atoms with van der Waals surface area (Å²) in [5.74, 6) is 0.195. The fraction of sp³-hybridized carbons (Fsp3) is 0.611. The fourth-order valence-corrected chi connectivity index (χ4v) is 5.09. The maximum atomic E-state index is 13.4. The van der Waals surface area contributed by atoms with Crippen LogP contribution in [0.4, 0.5) is 0 Å². The van der Waals surface area contributed by atoms with Gasteiger partial charge in [0.2, 0.25) is 15.9 Å². The van der Waals surface area contributed by atoms with Crippen LogP contribution in [0.5, 0.6) is 0 Å². The summed E-state index contributed by atoms with van der Waals surface area (Å²) in [4.78, 5) is 15.3. The Morgan fingerprint density at radius 3 is 2.31 bits per heavy atom. The molecule has 1 atom stereocenters. The highest BCUT2D eigenvalue weighted by molar-refractivity contribution is 7.89. The molecule has 0 saturated carbocycles. The first kappa shape index (κ1) is 21.2. The van der Waals surface area contributed by atoms with Gasteiger partial charge in [0.05, 0.1) is 11.2 Å². The minimum absolute atomic E-state index is 0. The molecule has 2 saturated heterocycles. The third-order valence-corrected chi connectivity index (χ3v) is 7.46. The van der Waals surface area contributed by atoms with E-state index in [1.165, 1.54) is 4.31 Å². The van der Waals surface area contributed by atoms with Crippen molar-refractivity contribution in [2.24, 2.45) is 5.73 Å². The number of halogens is 1. The molecule has 0 aromatic heterocycles. The zero-order valence-electron chi connectivity index (χ0n) is 15.1. The van der Waals surface area contributed by atoms with E-state index < -0.39 is 15.4 Å². The number of sulfonamides is 1. The number of benzene rings is 1. The van der Waals surface area contributed by atoms with E-state index in [4.69, 9.17) is 5.73 Å². The fourth-order valence-electron chi connectivity index (χ4n) is 3.99. The van der Waals surface area contributed by atoms with Crippen molar-refractivity contribution in [3.63, 3.8) is 0 Å². The van der Waals surface area contributed by atoms with Gasteiger partial charge >= 0.3 is 0 Å². The number of likely N-dealkylation sites (tertiary alicyclic amines) is 1. The average Bonchev–Trinajstić information content (AvgIpc) is 3.08. The summed E-state index contributed by atoms with van der Waals surface area (Å²) in [5.41, 5.74) is 6.32. The second-order valence-corrected chi connectivity index (χ2v) is 9.31. The van der Waals surface area contributed by atoms with Crippen molar-refractivity contribution in [2.45, 2.75) is 37.6 Å². The molecular formula is C18H28ClN3O3S. The lowest BCUT2D eigenvalue weighted by Crippen LogP contribution is -2.53. The third-order valence-electron chi connectivity index (χ3n) is 5.58. The van der Waals surface area contributed by atoms with Crippen LogP contribution in [0.15, 0.2) is 30.3 Å². The molecule has 6 nitrogen and oxygen atoms in total. The Morgan fingerprint density at radius 2 is 1.81 bits per heavy atom. The molecule has 26 heavy (non-hydrogen) atoms. The van der Waals surface area contributed by atoms with E-state index in [9.17, 15) is 13.2 Å². The molecule has 0 radical (unpaired) electrons. The summed E-state index contributed by atoms with van der Waals surface area (Å²) >= 11 is 0. The average molecular weight is 402 g/mol. The molecule has 0 spiro atoms. The number of nitrogens with two attached hydrogens (primary N) is 1. The number of nitrogens with zero attached hydrogens (tertiary/aromatic N) is 2. The van der Waals surface area contributed by atoms with Crippen molar-refractivity contribution in [1.29, 1.82) is 0 Å². The van der Waals surface area contributed by atoms with Crippen molar-refractivity contribution in [3.05, 3.63) is 35.9 Å². The molecular weight excluding hydrogens is 374 g/mol. The minimum atomic E-state index is -3.22. The van der Waals surface area contributed by atoms with Crippen molar-refractivity contribution < 1.29 is 13.2 Å². The van der Waals surface area contributed by atoms with E-state index >= 15 is 0 Å². The standard InChI is InChI=1S/C18H27N3O3S.ClH/c1-2-25(23,24)21-12-9-18(10-13-21,15-6-4-3-5-7-15)17(22)20-11-8-16(19)14-20;/h3-7,16H,2,8-14,19H2,1H3;1H/t16-;/m1./s1. The van der Waals surface area contributed by atoms with Crippen LogP contribution < -0.4 is 5.73 Å². The van der Waals surface area contributed by atoms with Gasteiger partial charge < -0.3 is 10.6 Å². The summed E-state index contributed by atoms with van der Waals surface area (Å²) in [6.07, 6.45) is 1.86. The first-order chi connectivity index (χ1) is 11.9. The van der Waals surface area contributed by atoms with Gasteiger partial charge in [-0.25, -0.2) is 12.7 Å². The van der Waals surface area contributed by atoms with Crippen LogP contribution in [-0.4, -0.2) is 61.5 Å². The lowest BCUT2D eigenvalue weighted by molar-refractivity contribution is -0.138. The summed E-state index contributed by atoms with van der Waals surface area (Å²) < 4.78 is 25.9. The van der Waals surface area contributed by atoms with Gasteiger partial charge in [-0.15, -0.1) is 12.4 Å².